The summed E-state index contributed by atoms with van der Waals surface area (Å²) >= 11 is 5.31. The number of hydrogen-bond acceptors (Lipinski definition) is 6. The van der Waals surface area contributed by atoms with E-state index in [1.165, 1.54) is 46.2 Å². The summed E-state index contributed by atoms with van der Waals surface area (Å²) in [4.78, 5) is 15.1. The van der Waals surface area contributed by atoms with Gasteiger partial charge in [0.05, 0.1) is 21.3 Å². The average molecular weight is 444 g/mol. The summed E-state index contributed by atoms with van der Waals surface area (Å²) in [5.41, 5.74) is 2.42. The fraction of sp³-hybridized carbons (Fsp3) is 0.391. The summed E-state index contributed by atoms with van der Waals surface area (Å²) in [6.45, 7) is 3.29. The van der Waals surface area contributed by atoms with Crippen LogP contribution in [0.5, 0.6) is 17.2 Å². The standard InChI is InChI=1S/C23H29N3O4S/c1-28-19-13-17(14-20(29-2)21(19)30-3)22(27)25-23(31)24-18-9-7-16(8-10-18)15-26-11-5-4-6-12-26/h7-10,13-14H,4-6,11-12,15H2,1-3H3,(H2,24,25,27,31). The van der Waals surface area contributed by atoms with Crippen molar-refractivity contribution in [3.63, 3.8) is 0 Å². The zero-order valence-corrected chi connectivity index (χ0v) is 19.0. The lowest BCUT2D eigenvalue weighted by molar-refractivity contribution is 0.0977. The molecule has 1 aliphatic rings. The van der Waals surface area contributed by atoms with E-state index in [-0.39, 0.29) is 11.0 Å². The molecule has 0 aliphatic carbocycles. The molecule has 2 N–H and O–H groups in total. The van der Waals surface area contributed by atoms with Crippen molar-refractivity contribution in [2.45, 2.75) is 25.8 Å². The van der Waals surface area contributed by atoms with Crippen LogP contribution in [0.25, 0.3) is 0 Å². The van der Waals surface area contributed by atoms with Crippen molar-refractivity contribution in [1.82, 2.24) is 10.2 Å². The number of carbonyl (C=O) groups excluding carboxylic acids is 1. The summed E-state index contributed by atoms with van der Waals surface area (Å²) in [6.07, 6.45) is 3.89. The van der Waals surface area contributed by atoms with E-state index in [4.69, 9.17) is 26.4 Å². The number of amides is 1. The smallest absolute Gasteiger partial charge is 0.257 e. The molecule has 0 bridgehead atoms. The van der Waals surface area contributed by atoms with Crippen molar-refractivity contribution in [3.8, 4) is 17.2 Å². The third-order valence-electron chi connectivity index (χ3n) is 5.22. The maximum Gasteiger partial charge on any atom is 0.257 e. The van der Waals surface area contributed by atoms with Gasteiger partial charge in [-0.2, -0.15) is 0 Å². The predicted octanol–water partition coefficient (Wildman–Crippen LogP) is 3.83. The molecular weight excluding hydrogens is 414 g/mol. The van der Waals surface area contributed by atoms with E-state index in [1.54, 1.807) is 12.1 Å². The molecule has 1 amide bonds. The first-order valence-corrected chi connectivity index (χ1v) is 10.7. The average Bonchev–Trinajstić information content (AvgIpc) is 2.79. The Kier molecular flexibility index (Phi) is 8.08. The van der Waals surface area contributed by atoms with Gasteiger partial charge in [0.15, 0.2) is 16.6 Å². The first-order valence-electron chi connectivity index (χ1n) is 10.3. The van der Waals surface area contributed by atoms with E-state index in [2.05, 4.69) is 27.7 Å². The third-order valence-corrected chi connectivity index (χ3v) is 5.42. The minimum Gasteiger partial charge on any atom is -0.493 e. The van der Waals surface area contributed by atoms with E-state index in [9.17, 15) is 4.79 Å². The molecule has 1 saturated heterocycles. The van der Waals surface area contributed by atoms with E-state index in [0.29, 0.717) is 22.8 Å². The molecule has 31 heavy (non-hydrogen) atoms. The van der Waals surface area contributed by atoms with Crippen LogP contribution in [0.4, 0.5) is 5.69 Å². The number of piperidine rings is 1. The van der Waals surface area contributed by atoms with Gasteiger partial charge in [-0.25, -0.2) is 0 Å². The van der Waals surface area contributed by atoms with Gasteiger partial charge in [-0.3, -0.25) is 15.0 Å². The van der Waals surface area contributed by atoms with Crippen molar-refractivity contribution < 1.29 is 19.0 Å². The predicted molar refractivity (Wildman–Crippen MR) is 125 cm³/mol. The van der Waals surface area contributed by atoms with Gasteiger partial charge in [0.1, 0.15) is 0 Å². The maximum atomic E-state index is 12.7. The van der Waals surface area contributed by atoms with Crippen LogP contribution < -0.4 is 24.8 Å². The topological polar surface area (TPSA) is 72.1 Å². The molecule has 0 saturated carbocycles. The van der Waals surface area contributed by atoms with E-state index >= 15 is 0 Å². The molecule has 7 nitrogen and oxygen atoms in total. The summed E-state index contributed by atoms with van der Waals surface area (Å²) in [7, 11) is 4.51. The Morgan fingerprint density at radius 1 is 0.968 bits per heavy atom. The lowest BCUT2D eigenvalue weighted by Crippen LogP contribution is -2.34. The Morgan fingerprint density at radius 3 is 2.13 bits per heavy atom. The second-order valence-corrected chi connectivity index (χ2v) is 7.76. The molecule has 1 fully saturated rings. The number of nitrogens with one attached hydrogen (secondary N) is 2. The minimum atomic E-state index is -0.376. The van der Waals surface area contributed by atoms with Gasteiger partial charge in [0.25, 0.3) is 5.91 Å². The highest BCUT2D eigenvalue weighted by Gasteiger charge is 2.18. The maximum absolute atomic E-state index is 12.7. The van der Waals surface area contributed by atoms with Gasteiger partial charge in [-0.15, -0.1) is 0 Å². The number of methoxy groups -OCH3 is 3. The van der Waals surface area contributed by atoms with Gasteiger partial charge < -0.3 is 19.5 Å². The van der Waals surface area contributed by atoms with Crippen LogP contribution in [0, 0.1) is 0 Å². The molecule has 2 aromatic carbocycles. The number of nitrogens with zero attached hydrogens (tertiary/aromatic N) is 1. The monoisotopic (exact) mass is 443 g/mol. The summed E-state index contributed by atoms with van der Waals surface area (Å²) in [5.74, 6) is 0.843. The van der Waals surface area contributed by atoms with Crippen LogP contribution in [0.1, 0.15) is 35.2 Å². The molecule has 0 aromatic heterocycles. The second-order valence-electron chi connectivity index (χ2n) is 7.36. The van der Waals surface area contributed by atoms with Crippen LogP contribution >= 0.6 is 12.2 Å². The zero-order valence-electron chi connectivity index (χ0n) is 18.2. The normalized spacial score (nSPS) is 13.9. The number of ether oxygens (including phenoxy) is 3. The van der Waals surface area contributed by atoms with Crippen molar-refractivity contribution in [3.05, 3.63) is 47.5 Å². The largest absolute Gasteiger partial charge is 0.493 e. The van der Waals surface area contributed by atoms with Crippen molar-refractivity contribution in [1.29, 1.82) is 0 Å². The van der Waals surface area contributed by atoms with Crippen molar-refractivity contribution in [2.75, 3.05) is 39.7 Å². The number of thiocarbonyl (C=S) groups is 1. The molecule has 8 heteroatoms. The number of hydrogen-bond donors (Lipinski definition) is 2. The third kappa shape index (κ3) is 6.08. The molecule has 0 radical (unpaired) electrons. The summed E-state index contributed by atoms with van der Waals surface area (Å²) in [6, 6.07) is 11.3. The molecule has 166 valence electrons. The number of carbonyl (C=O) groups is 1. The molecule has 2 aromatic rings. The lowest BCUT2D eigenvalue weighted by atomic mass is 10.1. The Morgan fingerprint density at radius 2 is 1.58 bits per heavy atom. The van der Waals surface area contributed by atoms with Gasteiger partial charge in [-0.1, -0.05) is 18.6 Å². The lowest BCUT2D eigenvalue weighted by Gasteiger charge is -2.26. The fourth-order valence-electron chi connectivity index (χ4n) is 3.62. The Labute approximate surface area is 188 Å². The molecule has 0 spiro atoms. The highest BCUT2D eigenvalue weighted by molar-refractivity contribution is 7.80. The van der Waals surface area contributed by atoms with Crippen molar-refractivity contribution >= 4 is 28.9 Å². The highest BCUT2D eigenvalue weighted by atomic mass is 32.1. The summed E-state index contributed by atoms with van der Waals surface area (Å²) in [5, 5.41) is 5.95. The van der Waals surface area contributed by atoms with E-state index in [0.717, 1.165) is 25.3 Å². The SMILES string of the molecule is COc1cc(C(=O)NC(=S)Nc2ccc(CN3CCCCC3)cc2)cc(OC)c1OC. The molecule has 0 unspecified atom stereocenters. The molecule has 1 aliphatic heterocycles. The fourth-order valence-corrected chi connectivity index (χ4v) is 3.83. The molecular formula is C23H29N3O4S. The first-order chi connectivity index (χ1) is 15.0. The quantitative estimate of drug-likeness (QED) is 0.630. The van der Waals surface area contributed by atoms with Crippen molar-refractivity contribution in [2.24, 2.45) is 0 Å². The Hall–Kier alpha value is -2.84. The first kappa shape index (κ1) is 22.8. The number of rotatable bonds is 7. The molecule has 1 heterocycles. The zero-order chi connectivity index (χ0) is 22.2. The van der Waals surface area contributed by atoms with Gasteiger partial charge in [0, 0.05) is 17.8 Å². The highest BCUT2D eigenvalue weighted by Crippen LogP contribution is 2.38. The van der Waals surface area contributed by atoms with E-state index < -0.39 is 0 Å². The van der Waals surface area contributed by atoms with Crippen LogP contribution in [-0.2, 0) is 6.54 Å². The van der Waals surface area contributed by atoms with Gasteiger partial charge in [0.2, 0.25) is 5.75 Å². The van der Waals surface area contributed by atoms with Crippen LogP contribution in [0.3, 0.4) is 0 Å². The van der Waals surface area contributed by atoms with Gasteiger partial charge >= 0.3 is 0 Å². The van der Waals surface area contributed by atoms with Gasteiger partial charge in [-0.05, 0) is 68.0 Å². The number of likely N-dealkylation sites (tertiary alicyclic amines) is 1. The number of anilines is 1. The second kappa shape index (κ2) is 11.0. The molecule has 0 atom stereocenters. The number of benzene rings is 2. The summed E-state index contributed by atoms with van der Waals surface area (Å²) < 4.78 is 15.9. The Balaban J connectivity index is 1.59. The molecule has 3 rings (SSSR count). The van der Waals surface area contributed by atoms with Crippen LogP contribution in [0.2, 0.25) is 0 Å². The minimum absolute atomic E-state index is 0.211. The van der Waals surface area contributed by atoms with E-state index in [1.807, 2.05) is 12.1 Å². The van der Waals surface area contributed by atoms with Crippen LogP contribution in [-0.4, -0.2) is 50.3 Å². The van der Waals surface area contributed by atoms with Crippen LogP contribution in [0.15, 0.2) is 36.4 Å². The Bertz CT molecular complexity index is 887.